The summed E-state index contributed by atoms with van der Waals surface area (Å²) in [5, 5.41) is 7.20. The van der Waals surface area contributed by atoms with Gasteiger partial charge < -0.3 is 14.7 Å². The largest absolute Gasteiger partial charge is 0.378 e. The highest BCUT2D eigenvalue weighted by Crippen LogP contribution is 2.31. The molecule has 0 bridgehead atoms. The van der Waals surface area contributed by atoms with Gasteiger partial charge in [0, 0.05) is 55.9 Å². The summed E-state index contributed by atoms with van der Waals surface area (Å²) in [5.74, 6) is 1.00. The van der Waals surface area contributed by atoms with Crippen molar-refractivity contribution in [2.75, 3.05) is 32.6 Å². The van der Waals surface area contributed by atoms with Gasteiger partial charge in [0.25, 0.3) is 5.91 Å². The average molecular weight is 392 g/mol. The molecule has 0 unspecified atom stereocenters. The third-order valence-corrected chi connectivity index (χ3v) is 5.18. The Balaban J connectivity index is 1.41. The van der Waals surface area contributed by atoms with Crippen molar-refractivity contribution in [2.24, 2.45) is 0 Å². The maximum Gasteiger partial charge on any atom is 0.251 e. The van der Waals surface area contributed by atoms with Crippen molar-refractivity contribution in [1.29, 1.82) is 0 Å². The van der Waals surface area contributed by atoms with Gasteiger partial charge in [-0.2, -0.15) is 4.98 Å². The molecule has 150 valence electrons. The number of hydrogen-bond donors (Lipinski definition) is 1. The molecule has 1 amide bonds. The van der Waals surface area contributed by atoms with Crippen LogP contribution in [0.15, 0.2) is 53.3 Å². The van der Waals surface area contributed by atoms with E-state index in [0.29, 0.717) is 23.7 Å². The number of likely N-dealkylation sites (tertiary alicyclic amines) is 1. The lowest BCUT2D eigenvalue weighted by Crippen LogP contribution is -2.36. The van der Waals surface area contributed by atoms with E-state index in [1.54, 1.807) is 12.4 Å². The standard InChI is InChI=1S/C21H24N6O2/c1-26(2)17-8-6-14(7-9-17)20(28)23-16-11-18(27(3)13-16)21-24-19(25-29-21)15-5-4-10-22-12-15/h4-10,12,16,18H,11,13H2,1-3H3,(H,23,28)/t16-,18-/m0/s1. The van der Waals surface area contributed by atoms with Crippen LogP contribution in [0.3, 0.4) is 0 Å². The van der Waals surface area contributed by atoms with Crippen LogP contribution in [-0.2, 0) is 0 Å². The topological polar surface area (TPSA) is 87.4 Å². The zero-order valence-electron chi connectivity index (χ0n) is 16.7. The lowest BCUT2D eigenvalue weighted by Gasteiger charge is -2.15. The van der Waals surface area contributed by atoms with Gasteiger partial charge in [0.2, 0.25) is 11.7 Å². The number of amides is 1. The Morgan fingerprint density at radius 2 is 2.03 bits per heavy atom. The molecule has 3 heterocycles. The number of likely N-dealkylation sites (N-methyl/N-ethyl adjacent to an activating group) is 1. The number of anilines is 1. The first-order valence-electron chi connectivity index (χ1n) is 9.54. The first kappa shape index (κ1) is 19.1. The summed E-state index contributed by atoms with van der Waals surface area (Å²) in [4.78, 5) is 25.4. The third kappa shape index (κ3) is 4.12. The Hall–Kier alpha value is -3.26. The molecule has 1 aliphatic heterocycles. The van der Waals surface area contributed by atoms with E-state index in [1.165, 1.54) is 0 Å². The van der Waals surface area contributed by atoms with Gasteiger partial charge in [0.15, 0.2) is 0 Å². The maximum atomic E-state index is 12.6. The van der Waals surface area contributed by atoms with Gasteiger partial charge in [-0.05, 0) is 49.9 Å². The van der Waals surface area contributed by atoms with Crippen molar-refractivity contribution in [2.45, 2.75) is 18.5 Å². The quantitative estimate of drug-likeness (QED) is 0.713. The van der Waals surface area contributed by atoms with Crippen molar-refractivity contribution < 1.29 is 9.32 Å². The Bertz CT molecular complexity index is 970. The number of benzene rings is 1. The van der Waals surface area contributed by atoms with E-state index in [9.17, 15) is 4.79 Å². The van der Waals surface area contributed by atoms with Crippen LogP contribution < -0.4 is 10.2 Å². The highest BCUT2D eigenvalue weighted by molar-refractivity contribution is 5.94. The minimum atomic E-state index is -0.0732. The SMILES string of the molecule is CN(C)c1ccc(C(=O)N[C@H]2C[C@@H](c3nc(-c4cccnc4)no3)N(C)C2)cc1. The molecule has 2 atom stereocenters. The molecule has 1 aromatic carbocycles. The van der Waals surface area contributed by atoms with Crippen LogP contribution in [0.4, 0.5) is 5.69 Å². The molecule has 1 saturated heterocycles. The number of carbonyl (C=O) groups excluding carboxylic acids is 1. The van der Waals surface area contributed by atoms with Gasteiger partial charge in [-0.1, -0.05) is 5.16 Å². The number of pyridine rings is 1. The van der Waals surface area contributed by atoms with Crippen molar-refractivity contribution in [3.63, 3.8) is 0 Å². The summed E-state index contributed by atoms with van der Waals surface area (Å²) in [5.41, 5.74) is 2.52. The second-order valence-corrected chi connectivity index (χ2v) is 7.50. The van der Waals surface area contributed by atoms with Crippen LogP contribution >= 0.6 is 0 Å². The van der Waals surface area contributed by atoms with E-state index in [0.717, 1.165) is 17.8 Å². The average Bonchev–Trinajstić information content (AvgIpc) is 3.35. The molecule has 2 aromatic heterocycles. The molecule has 0 radical (unpaired) electrons. The van der Waals surface area contributed by atoms with Crippen LogP contribution in [0, 0.1) is 0 Å². The molecule has 8 nitrogen and oxygen atoms in total. The van der Waals surface area contributed by atoms with E-state index in [2.05, 4.69) is 25.3 Å². The number of rotatable bonds is 5. The van der Waals surface area contributed by atoms with E-state index in [4.69, 9.17) is 4.52 Å². The van der Waals surface area contributed by atoms with Gasteiger partial charge in [-0.3, -0.25) is 14.7 Å². The Kier molecular flexibility index (Phi) is 5.26. The van der Waals surface area contributed by atoms with Gasteiger partial charge in [0.1, 0.15) is 0 Å². The summed E-state index contributed by atoms with van der Waals surface area (Å²) in [6, 6.07) is 11.3. The fraction of sp³-hybridized carbons (Fsp3) is 0.333. The predicted octanol–water partition coefficient (Wildman–Crippen LogP) is 2.37. The number of nitrogens with zero attached hydrogens (tertiary/aromatic N) is 5. The highest BCUT2D eigenvalue weighted by Gasteiger charge is 2.35. The van der Waals surface area contributed by atoms with Crippen LogP contribution in [0.25, 0.3) is 11.4 Å². The first-order valence-corrected chi connectivity index (χ1v) is 9.54. The van der Waals surface area contributed by atoms with Gasteiger partial charge in [-0.25, -0.2) is 0 Å². The predicted molar refractivity (Wildman–Crippen MR) is 110 cm³/mol. The summed E-state index contributed by atoms with van der Waals surface area (Å²) < 4.78 is 5.50. The zero-order valence-corrected chi connectivity index (χ0v) is 16.7. The number of aromatic nitrogens is 3. The smallest absolute Gasteiger partial charge is 0.251 e. The van der Waals surface area contributed by atoms with Crippen molar-refractivity contribution in [1.82, 2.24) is 25.3 Å². The Morgan fingerprint density at radius 1 is 1.24 bits per heavy atom. The molecule has 4 rings (SSSR count). The molecule has 0 spiro atoms. The van der Waals surface area contributed by atoms with Gasteiger partial charge in [-0.15, -0.1) is 0 Å². The Labute approximate surface area is 169 Å². The van der Waals surface area contributed by atoms with Crippen molar-refractivity contribution in [3.8, 4) is 11.4 Å². The van der Waals surface area contributed by atoms with Crippen LogP contribution in [-0.4, -0.2) is 59.7 Å². The normalized spacial score (nSPS) is 19.3. The maximum absolute atomic E-state index is 12.6. The van der Waals surface area contributed by atoms with Crippen LogP contribution in [0.1, 0.15) is 28.7 Å². The number of hydrogen-bond acceptors (Lipinski definition) is 7. The fourth-order valence-electron chi connectivity index (χ4n) is 3.56. The molecule has 1 aliphatic rings. The Morgan fingerprint density at radius 3 is 2.72 bits per heavy atom. The fourth-order valence-corrected chi connectivity index (χ4v) is 3.56. The first-order chi connectivity index (χ1) is 14.0. The molecule has 29 heavy (non-hydrogen) atoms. The molecule has 1 N–H and O–H groups in total. The third-order valence-electron chi connectivity index (χ3n) is 5.18. The number of nitrogens with one attached hydrogen (secondary N) is 1. The number of carbonyl (C=O) groups is 1. The monoisotopic (exact) mass is 392 g/mol. The summed E-state index contributed by atoms with van der Waals surface area (Å²) >= 11 is 0. The molecule has 3 aromatic rings. The van der Waals surface area contributed by atoms with Crippen molar-refractivity contribution in [3.05, 3.63) is 60.2 Å². The van der Waals surface area contributed by atoms with Gasteiger partial charge in [0.05, 0.1) is 6.04 Å². The van der Waals surface area contributed by atoms with E-state index >= 15 is 0 Å². The second-order valence-electron chi connectivity index (χ2n) is 7.50. The zero-order chi connectivity index (χ0) is 20.4. The van der Waals surface area contributed by atoms with E-state index in [1.807, 2.05) is 62.4 Å². The molecular formula is C21H24N6O2. The summed E-state index contributed by atoms with van der Waals surface area (Å²) in [6.45, 7) is 0.719. The van der Waals surface area contributed by atoms with Gasteiger partial charge >= 0.3 is 0 Å². The lowest BCUT2D eigenvalue weighted by atomic mass is 10.1. The van der Waals surface area contributed by atoms with Crippen LogP contribution in [0.2, 0.25) is 0 Å². The molecular weight excluding hydrogens is 368 g/mol. The molecule has 8 heteroatoms. The van der Waals surface area contributed by atoms with E-state index in [-0.39, 0.29) is 18.0 Å². The van der Waals surface area contributed by atoms with Crippen LogP contribution in [0.5, 0.6) is 0 Å². The highest BCUT2D eigenvalue weighted by atomic mass is 16.5. The molecule has 0 aliphatic carbocycles. The second kappa shape index (κ2) is 8.00. The summed E-state index contributed by atoms with van der Waals surface area (Å²) in [6.07, 6.45) is 4.13. The molecule has 1 fully saturated rings. The lowest BCUT2D eigenvalue weighted by molar-refractivity contribution is 0.0938. The minimum absolute atomic E-state index is 0.0137. The van der Waals surface area contributed by atoms with Crippen molar-refractivity contribution >= 4 is 11.6 Å². The molecule has 0 saturated carbocycles. The summed E-state index contributed by atoms with van der Waals surface area (Å²) in [7, 11) is 5.94. The van der Waals surface area contributed by atoms with E-state index < -0.39 is 0 Å². The minimum Gasteiger partial charge on any atom is -0.378 e.